The van der Waals surface area contributed by atoms with Crippen LogP contribution in [0.2, 0.25) is 0 Å². The lowest BCUT2D eigenvalue weighted by Crippen LogP contribution is -2.21. The molecule has 1 aliphatic rings. The number of aryl methyl sites for hydroxylation is 1. The van der Waals surface area contributed by atoms with Crippen LogP contribution in [-0.4, -0.2) is 49.7 Å². The zero-order chi connectivity index (χ0) is 29.0. The standard InChI is InChI=1S/C17H9F3N4.2C2HF3O2/c18-8-1-2-9(13(19)5-8)15-10-3-4-14-12(7-22-24-14)16(10)23-17(20)11(15)6-21;2*3-2(4,5)1(6)7/h1-2,5,7H,3-4H2,(H,22,24);2*(H,6,7). The van der Waals surface area contributed by atoms with E-state index >= 15 is 0 Å². The average molecular weight is 554 g/mol. The molecule has 1 aromatic carbocycles. The average Bonchev–Trinajstić information content (AvgIpc) is 3.27. The zero-order valence-electron chi connectivity index (χ0n) is 18.2. The van der Waals surface area contributed by atoms with Gasteiger partial charge in [-0.15, -0.1) is 0 Å². The third kappa shape index (κ3) is 6.78. The molecule has 202 valence electrons. The first kappa shape index (κ1) is 29.6. The summed E-state index contributed by atoms with van der Waals surface area (Å²) >= 11 is 0. The fourth-order valence-electron chi connectivity index (χ4n) is 3.11. The van der Waals surface area contributed by atoms with Crippen molar-refractivity contribution in [1.82, 2.24) is 15.2 Å². The Bertz CT molecular complexity index is 1390. The predicted octanol–water partition coefficient (Wildman–Crippen LogP) is 4.79. The quantitative estimate of drug-likeness (QED) is 0.290. The number of rotatable bonds is 1. The molecule has 0 fully saturated rings. The van der Waals surface area contributed by atoms with Crippen LogP contribution in [0.25, 0.3) is 22.4 Å². The van der Waals surface area contributed by atoms with Crippen LogP contribution in [0.4, 0.5) is 39.5 Å². The van der Waals surface area contributed by atoms with Crippen LogP contribution in [0.1, 0.15) is 16.8 Å². The van der Waals surface area contributed by atoms with Crippen molar-refractivity contribution in [3.05, 3.63) is 58.8 Å². The number of hydrogen-bond acceptors (Lipinski definition) is 5. The van der Waals surface area contributed by atoms with E-state index < -0.39 is 41.9 Å². The van der Waals surface area contributed by atoms with Crippen LogP contribution >= 0.6 is 0 Å². The van der Waals surface area contributed by atoms with Gasteiger partial charge in [0.15, 0.2) is 0 Å². The monoisotopic (exact) mass is 554 g/mol. The highest BCUT2D eigenvalue weighted by Crippen LogP contribution is 2.40. The van der Waals surface area contributed by atoms with Crippen LogP contribution in [0.15, 0.2) is 24.4 Å². The number of H-pyrrole nitrogens is 1. The number of carboxylic acid groups (broad SMARTS) is 2. The Hall–Kier alpha value is -4.62. The second kappa shape index (κ2) is 11.2. The maximum atomic E-state index is 14.4. The first-order valence-corrected chi connectivity index (χ1v) is 9.69. The van der Waals surface area contributed by atoms with Gasteiger partial charge in [0.25, 0.3) is 0 Å². The Morgan fingerprint density at radius 1 is 0.947 bits per heavy atom. The van der Waals surface area contributed by atoms with Gasteiger partial charge in [-0.3, -0.25) is 5.10 Å². The van der Waals surface area contributed by atoms with Gasteiger partial charge in [-0.05, 0) is 30.5 Å². The van der Waals surface area contributed by atoms with Crippen LogP contribution < -0.4 is 0 Å². The molecule has 0 amide bonds. The van der Waals surface area contributed by atoms with E-state index in [-0.39, 0.29) is 16.7 Å². The number of aromatic nitrogens is 3. The van der Waals surface area contributed by atoms with Gasteiger partial charge in [-0.2, -0.15) is 41.1 Å². The van der Waals surface area contributed by atoms with Gasteiger partial charge in [0.05, 0.1) is 11.9 Å². The lowest BCUT2D eigenvalue weighted by atomic mass is 9.86. The molecule has 0 unspecified atom stereocenters. The maximum Gasteiger partial charge on any atom is 0.490 e. The van der Waals surface area contributed by atoms with Crippen molar-refractivity contribution in [2.24, 2.45) is 0 Å². The number of aromatic amines is 1. The van der Waals surface area contributed by atoms with Gasteiger partial charge >= 0.3 is 24.3 Å². The van der Waals surface area contributed by atoms with Gasteiger partial charge in [0.2, 0.25) is 5.95 Å². The maximum absolute atomic E-state index is 14.4. The lowest BCUT2D eigenvalue weighted by molar-refractivity contribution is -0.193. The highest BCUT2D eigenvalue weighted by molar-refractivity contribution is 5.82. The van der Waals surface area contributed by atoms with E-state index in [1.165, 1.54) is 12.3 Å². The Balaban J connectivity index is 0.000000301. The Morgan fingerprint density at radius 3 is 1.97 bits per heavy atom. The van der Waals surface area contributed by atoms with Crippen molar-refractivity contribution >= 4 is 11.9 Å². The Labute approximate surface area is 205 Å². The first-order valence-electron chi connectivity index (χ1n) is 9.69. The number of nitrogens with one attached hydrogen (secondary N) is 1. The summed E-state index contributed by atoms with van der Waals surface area (Å²) in [6, 6.07) is 4.76. The highest BCUT2D eigenvalue weighted by atomic mass is 19.4. The minimum atomic E-state index is -5.08. The molecule has 0 radical (unpaired) electrons. The molecule has 0 spiro atoms. The van der Waals surface area contributed by atoms with E-state index in [0.717, 1.165) is 11.8 Å². The third-order valence-corrected chi connectivity index (χ3v) is 4.65. The van der Waals surface area contributed by atoms with Gasteiger partial charge in [0.1, 0.15) is 23.3 Å². The predicted molar refractivity (Wildman–Crippen MR) is 107 cm³/mol. The largest absolute Gasteiger partial charge is 0.490 e. The highest BCUT2D eigenvalue weighted by Gasteiger charge is 2.39. The van der Waals surface area contributed by atoms with E-state index in [2.05, 4.69) is 15.2 Å². The molecule has 38 heavy (non-hydrogen) atoms. The van der Waals surface area contributed by atoms with Crippen molar-refractivity contribution in [2.75, 3.05) is 0 Å². The van der Waals surface area contributed by atoms with Gasteiger partial charge < -0.3 is 10.2 Å². The van der Waals surface area contributed by atoms with Gasteiger partial charge in [-0.1, -0.05) is 0 Å². The number of carboxylic acids is 2. The molecule has 3 N–H and O–H groups in total. The number of carbonyl (C=O) groups is 2. The van der Waals surface area contributed by atoms with E-state index in [1.807, 2.05) is 0 Å². The molecule has 0 saturated heterocycles. The minimum absolute atomic E-state index is 0.0163. The van der Waals surface area contributed by atoms with Crippen molar-refractivity contribution in [1.29, 1.82) is 5.26 Å². The molecule has 0 saturated carbocycles. The third-order valence-electron chi connectivity index (χ3n) is 4.65. The molecule has 0 bridgehead atoms. The number of nitriles is 1. The van der Waals surface area contributed by atoms with E-state index in [1.54, 1.807) is 6.07 Å². The number of hydrogen-bond donors (Lipinski definition) is 3. The normalized spacial score (nSPS) is 12.0. The SMILES string of the molecule is N#Cc1c(F)nc2c(c1-c1ccc(F)cc1F)CCc1[nH]ncc1-2.O=C(O)C(F)(F)F.O=C(O)C(F)(F)F. The molecule has 1 aliphatic carbocycles. The number of benzene rings is 1. The summed E-state index contributed by atoms with van der Waals surface area (Å²) in [7, 11) is 0. The number of nitrogens with zero attached hydrogens (tertiary/aromatic N) is 3. The summed E-state index contributed by atoms with van der Waals surface area (Å²) in [6.07, 6.45) is -7.62. The lowest BCUT2D eigenvalue weighted by Gasteiger charge is -2.20. The summed E-state index contributed by atoms with van der Waals surface area (Å²) in [5.74, 6) is -8.09. The molecule has 2 heterocycles. The summed E-state index contributed by atoms with van der Waals surface area (Å²) < 4.78 is 105. The van der Waals surface area contributed by atoms with Crippen molar-refractivity contribution in [3.63, 3.8) is 0 Å². The summed E-state index contributed by atoms with van der Waals surface area (Å²) in [5, 5.41) is 30.3. The number of pyridine rings is 1. The molecule has 8 nitrogen and oxygen atoms in total. The van der Waals surface area contributed by atoms with Crippen molar-refractivity contribution < 1.29 is 59.3 Å². The zero-order valence-corrected chi connectivity index (χ0v) is 18.2. The molecule has 2 aromatic heterocycles. The number of alkyl halides is 6. The topological polar surface area (TPSA) is 140 Å². The number of aliphatic carboxylic acids is 2. The van der Waals surface area contributed by atoms with Crippen LogP contribution in [-0.2, 0) is 22.4 Å². The van der Waals surface area contributed by atoms with Gasteiger partial charge in [0, 0.05) is 28.5 Å². The van der Waals surface area contributed by atoms with Crippen LogP contribution in [0.5, 0.6) is 0 Å². The van der Waals surface area contributed by atoms with Crippen molar-refractivity contribution in [3.8, 4) is 28.5 Å². The summed E-state index contributed by atoms with van der Waals surface area (Å²) in [4.78, 5) is 21.7. The molecular weight excluding hydrogens is 543 g/mol. The van der Waals surface area contributed by atoms with Crippen LogP contribution in [0, 0.1) is 28.9 Å². The number of halogens is 9. The van der Waals surface area contributed by atoms with E-state index in [4.69, 9.17) is 19.8 Å². The molecule has 17 heteroatoms. The van der Waals surface area contributed by atoms with Crippen LogP contribution in [0.3, 0.4) is 0 Å². The second-order valence-electron chi connectivity index (χ2n) is 7.08. The summed E-state index contributed by atoms with van der Waals surface area (Å²) in [6.45, 7) is 0. The first-order chi connectivity index (χ1) is 17.5. The van der Waals surface area contributed by atoms with Crippen molar-refractivity contribution in [2.45, 2.75) is 25.2 Å². The smallest absolute Gasteiger partial charge is 0.475 e. The Kier molecular flexibility index (Phi) is 8.72. The summed E-state index contributed by atoms with van der Waals surface area (Å²) in [5.41, 5.74) is 2.11. The molecular formula is C21H11F9N4O4. The Morgan fingerprint density at radius 2 is 1.50 bits per heavy atom. The fraction of sp³-hybridized carbons (Fsp3) is 0.190. The second-order valence-corrected chi connectivity index (χ2v) is 7.08. The minimum Gasteiger partial charge on any atom is -0.475 e. The fourth-order valence-corrected chi connectivity index (χ4v) is 3.11. The molecule has 0 atom stereocenters. The van der Waals surface area contributed by atoms with Gasteiger partial charge in [-0.25, -0.2) is 23.4 Å². The molecule has 3 aromatic rings. The molecule has 4 rings (SSSR count). The van der Waals surface area contributed by atoms with E-state index in [0.29, 0.717) is 35.7 Å². The molecule has 0 aliphatic heterocycles. The van der Waals surface area contributed by atoms with E-state index in [9.17, 15) is 44.8 Å². The number of fused-ring (bicyclic) bond motifs is 3.